The first kappa shape index (κ1) is 25.9. The number of nitrogens with one attached hydrogen (secondary N) is 2. The molecule has 1 saturated heterocycles. The first-order chi connectivity index (χ1) is 20.2. The van der Waals surface area contributed by atoms with Crippen LogP contribution in [0.2, 0.25) is 0 Å². The number of likely N-dealkylation sites (N-methyl/N-ethyl adjacent to an activating group) is 1. The van der Waals surface area contributed by atoms with Crippen molar-refractivity contribution in [3.63, 3.8) is 0 Å². The van der Waals surface area contributed by atoms with Crippen molar-refractivity contribution in [2.24, 2.45) is 5.92 Å². The van der Waals surface area contributed by atoms with E-state index in [1.54, 1.807) is 19.1 Å². The van der Waals surface area contributed by atoms with Crippen LogP contribution in [0, 0.1) is 12.8 Å². The number of carbonyl (C=O) groups excluding carboxylic acids is 3. The van der Waals surface area contributed by atoms with Gasteiger partial charge in [-0.3, -0.25) is 19.4 Å². The SMILES string of the molecule is Cc1ccnc([C@]2(F)C[C@H]2C(=O)Nc2cc(NCc3cn4cc(C5CC5)cc(N5CC(=O)N(C)C5=O)c4n3)ncn2)n1. The van der Waals surface area contributed by atoms with Gasteiger partial charge in [-0.25, -0.2) is 34.1 Å². The van der Waals surface area contributed by atoms with Crippen molar-refractivity contribution < 1.29 is 18.8 Å². The Kier molecular flexibility index (Phi) is 5.88. The smallest absolute Gasteiger partial charge is 0.331 e. The highest BCUT2D eigenvalue weighted by molar-refractivity contribution is 6.13. The van der Waals surface area contributed by atoms with Gasteiger partial charge in [-0.2, -0.15) is 0 Å². The number of hydrogen-bond acceptors (Lipinski definition) is 9. The zero-order valence-electron chi connectivity index (χ0n) is 22.9. The molecule has 2 aliphatic carbocycles. The Bertz CT molecular complexity index is 1770. The van der Waals surface area contributed by atoms with Crippen molar-refractivity contribution in [1.29, 1.82) is 0 Å². The predicted molar refractivity (Wildman–Crippen MR) is 148 cm³/mol. The van der Waals surface area contributed by atoms with E-state index < -0.39 is 17.5 Å². The number of alkyl halides is 1. The number of amides is 4. The lowest BCUT2D eigenvalue weighted by molar-refractivity contribution is -0.124. The maximum Gasteiger partial charge on any atom is 0.331 e. The fraction of sp³-hybridized carbons (Fsp3) is 0.357. The monoisotopic (exact) mass is 570 g/mol. The molecule has 5 heterocycles. The number of aryl methyl sites for hydroxylation is 1. The van der Waals surface area contributed by atoms with E-state index in [9.17, 15) is 14.4 Å². The summed E-state index contributed by atoms with van der Waals surface area (Å²) in [6.45, 7) is 2.00. The molecule has 0 spiro atoms. The molecule has 0 bridgehead atoms. The minimum Gasteiger partial charge on any atom is -0.364 e. The lowest BCUT2D eigenvalue weighted by Crippen LogP contribution is -2.30. The lowest BCUT2D eigenvalue weighted by Gasteiger charge is -2.17. The van der Waals surface area contributed by atoms with Crippen LogP contribution < -0.4 is 15.5 Å². The van der Waals surface area contributed by atoms with Crippen molar-refractivity contribution >= 4 is 40.8 Å². The topological polar surface area (TPSA) is 151 Å². The molecule has 13 nitrogen and oxygen atoms in total. The van der Waals surface area contributed by atoms with Gasteiger partial charge < -0.3 is 15.0 Å². The first-order valence-electron chi connectivity index (χ1n) is 13.6. The van der Waals surface area contributed by atoms with E-state index in [2.05, 4.69) is 30.6 Å². The van der Waals surface area contributed by atoms with Crippen molar-refractivity contribution in [3.8, 4) is 0 Å². The van der Waals surface area contributed by atoms with Gasteiger partial charge in [-0.15, -0.1) is 0 Å². The summed E-state index contributed by atoms with van der Waals surface area (Å²) in [5.74, 6) is -0.576. The van der Waals surface area contributed by atoms with Crippen LogP contribution >= 0.6 is 0 Å². The number of nitrogens with zero attached hydrogens (tertiary/aromatic N) is 8. The number of fused-ring (bicyclic) bond motifs is 1. The highest BCUT2D eigenvalue weighted by atomic mass is 19.1. The Labute approximate surface area is 239 Å². The maximum absolute atomic E-state index is 15.3. The van der Waals surface area contributed by atoms with Gasteiger partial charge in [0.2, 0.25) is 11.8 Å². The number of pyridine rings is 1. The van der Waals surface area contributed by atoms with E-state index in [1.807, 2.05) is 22.9 Å². The van der Waals surface area contributed by atoms with Crippen LogP contribution in [0.3, 0.4) is 0 Å². The fourth-order valence-corrected chi connectivity index (χ4v) is 5.21. The van der Waals surface area contributed by atoms with Crippen LogP contribution in [-0.2, 0) is 21.8 Å². The normalized spacial score (nSPS) is 21.7. The van der Waals surface area contributed by atoms with E-state index >= 15 is 4.39 Å². The number of carbonyl (C=O) groups is 3. The molecule has 214 valence electrons. The van der Waals surface area contributed by atoms with Crippen LogP contribution in [0.1, 0.15) is 48.0 Å². The van der Waals surface area contributed by atoms with E-state index in [-0.39, 0.29) is 43.1 Å². The average molecular weight is 571 g/mol. The minimum absolute atomic E-state index is 0.00425. The first-order valence-corrected chi connectivity index (χ1v) is 13.6. The molecule has 7 rings (SSSR count). The van der Waals surface area contributed by atoms with Crippen LogP contribution in [-0.4, -0.2) is 65.7 Å². The Balaban J connectivity index is 1.06. The second-order valence-corrected chi connectivity index (χ2v) is 11.0. The molecule has 0 unspecified atom stereocenters. The molecule has 14 heteroatoms. The standard InChI is InChI=1S/C28H27FN10O3/c1-15-5-6-30-26(34-15)28(29)9-19(28)25(41)36-22-8-21(32-14-33-22)31-10-18-12-38-11-17(16-3-4-16)7-20(24(38)35-18)39-13-23(40)37(2)27(39)42/h5-8,11-12,14,16,19H,3-4,9-10,13H2,1-2H3,(H2,31,32,33,36,41)/t19-,28-/m0/s1. The number of hydrogen-bond donors (Lipinski definition) is 2. The van der Waals surface area contributed by atoms with Gasteiger partial charge in [0.25, 0.3) is 0 Å². The molecule has 4 aromatic heterocycles. The number of halogens is 1. The molecule has 3 aliphatic rings. The molecule has 1 aliphatic heterocycles. The maximum atomic E-state index is 15.3. The quantitative estimate of drug-likeness (QED) is 0.305. The second-order valence-electron chi connectivity index (χ2n) is 11.0. The van der Waals surface area contributed by atoms with E-state index in [0.29, 0.717) is 34.5 Å². The van der Waals surface area contributed by atoms with E-state index in [0.717, 1.165) is 23.3 Å². The summed E-state index contributed by atoms with van der Waals surface area (Å²) >= 11 is 0. The summed E-state index contributed by atoms with van der Waals surface area (Å²) in [6, 6.07) is 4.81. The largest absolute Gasteiger partial charge is 0.364 e. The lowest BCUT2D eigenvalue weighted by atomic mass is 10.1. The average Bonchev–Trinajstić information content (AvgIpc) is 3.88. The molecule has 42 heavy (non-hydrogen) atoms. The number of rotatable bonds is 8. The van der Waals surface area contributed by atoms with Gasteiger partial charge in [0.05, 0.1) is 23.8 Å². The summed E-state index contributed by atoms with van der Waals surface area (Å²) in [7, 11) is 1.48. The second kappa shape index (κ2) is 9.53. The summed E-state index contributed by atoms with van der Waals surface area (Å²) in [6.07, 6.45) is 8.84. The predicted octanol–water partition coefficient (Wildman–Crippen LogP) is 2.93. The summed E-state index contributed by atoms with van der Waals surface area (Å²) in [4.78, 5) is 61.5. The van der Waals surface area contributed by atoms with Crippen molar-refractivity contribution in [2.45, 2.75) is 44.3 Å². The Morgan fingerprint density at radius 3 is 2.67 bits per heavy atom. The number of aromatic nitrogens is 6. The molecule has 2 saturated carbocycles. The van der Waals surface area contributed by atoms with Gasteiger partial charge in [0.15, 0.2) is 17.1 Å². The van der Waals surface area contributed by atoms with Crippen LogP contribution in [0.5, 0.6) is 0 Å². The minimum atomic E-state index is -1.89. The van der Waals surface area contributed by atoms with E-state index in [1.165, 1.54) is 24.5 Å². The third-order valence-corrected chi connectivity index (χ3v) is 7.87. The van der Waals surface area contributed by atoms with Gasteiger partial charge >= 0.3 is 6.03 Å². The number of imide groups is 1. The summed E-state index contributed by atoms with van der Waals surface area (Å²) in [5.41, 5.74) is 1.68. The summed E-state index contributed by atoms with van der Waals surface area (Å²) < 4.78 is 17.2. The zero-order chi connectivity index (χ0) is 29.2. The molecular formula is C28H27FN10O3. The molecule has 3 fully saturated rings. The third-order valence-electron chi connectivity index (χ3n) is 7.87. The van der Waals surface area contributed by atoms with Crippen LogP contribution in [0.25, 0.3) is 5.65 Å². The zero-order valence-corrected chi connectivity index (χ0v) is 22.9. The molecule has 2 N–H and O–H groups in total. The van der Waals surface area contributed by atoms with Crippen molar-refractivity contribution in [1.82, 2.24) is 34.2 Å². The number of anilines is 3. The van der Waals surface area contributed by atoms with Gasteiger partial charge in [0, 0.05) is 43.8 Å². The Hall–Kier alpha value is -5.01. The Morgan fingerprint density at radius 2 is 1.93 bits per heavy atom. The molecule has 2 atom stereocenters. The number of urea groups is 1. The van der Waals surface area contributed by atoms with E-state index in [4.69, 9.17) is 4.98 Å². The van der Waals surface area contributed by atoms with Crippen LogP contribution in [0.15, 0.2) is 43.1 Å². The highest BCUT2D eigenvalue weighted by Crippen LogP contribution is 2.54. The van der Waals surface area contributed by atoms with Gasteiger partial charge in [0.1, 0.15) is 24.5 Å². The summed E-state index contributed by atoms with van der Waals surface area (Å²) in [5, 5.41) is 5.84. The van der Waals surface area contributed by atoms with Crippen molar-refractivity contribution in [3.05, 3.63) is 65.9 Å². The molecule has 4 amide bonds. The van der Waals surface area contributed by atoms with Gasteiger partial charge in [-0.05, 0) is 43.4 Å². The van der Waals surface area contributed by atoms with Crippen LogP contribution in [0.4, 0.5) is 26.5 Å². The third kappa shape index (κ3) is 4.58. The Morgan fingerprint density at radius 1 is 1.12 bits per heavy atom. The van der Waals surface area contributed by atoms with Crippen molar-refractivity contribution in [2.75, 3.05) is 29.1 Å². The fourth-order valence-electron chi connectivity index (χ4n) is 5.21. The number of imidazole rings is 1. The highest BCUT2D eigenvalue weighted by Gasteiger charge is 2.63. The molecule has 0 radical (unpaired) electrons. The van der Waals surface area contributed by atoms with Gasteiger partial charge in [-0.1, -0.05) is 0 Å². The molecule has 4 aromatic rings. The molecule has 0 aromatic carbocycles. The molecular weight excluding hydrogens is 543 g/mol.